The molecule has 0 aliphatic heterocycles. The maximum atomic E-state index is 13.1. The van der Waals surface area contributed by atoms with Crippen molar-refractivity contribution in [3.8, 4) is 0 Å². The summed E-state index contributed by atoms with van der Waals surface area (Å²) in [5, 5.41) is 9.00. The molecule has 0 bridgehead atoms. The lowest BCUT2D eigenvalue weighted by Crippen LogP contribution is -2.37. The fraction of sp³-hybridized carbons (Fsp3) is 0.263. The van der Waals surface area contributed by atoms with Crippen LogP contribution in [0.3, 0.4) is 0 Å². The molecule has 3 N–H and O–H groups in total. The zero-order chi connectivity index (χ0) is 18.1. The third kappa shape index (κ3) is 6.99. The first-order chi connectivity index (χ1) is 12.1. The summed E-state index contributed by atoms with van der Waals surface area (Å²) in [6.07, 6.45) is 0.708. The highest BCUT2D eigenvalue weighted by Gasteiger charge is 2.03. The van der Waals surface area contributed by atoms with Gasteiger partial charge in [-0.15, -0.1) is 24.0 Å². The van der Waals surface area contributed by atoms with E-state index in [1.807, 2.05) is 18.2 Å². The zero-order valence-electron chi connectivity index (χ0n) is 14.9. The van der Waals surface area contributed by atoms with Gasteiger partial charge in [-0.2, -0.15) is 0 Å². The number of halogens is 2. The van der Waals surface area contributed by atoms with Crippen LogP contribution in [-0.4, -0.2) is 32.5 Å². The van der Waals surface area contributed by atoms with Crippen molar-refractivity contribution < 1.29 is 9.18 Å². The van der Waals surface area contributed by atoms with Gasteiger partial charge in [0.05, 0.1) is 0 Å². The van der Waals surface area contributed by atoms with Crippen molar-refractivity contribution >= 4 is 35.8 Å². The smallest absolute Gasteiger partial charge is 0.251 e. The summed E-state index contributed by atoms with van der Waals surface area (Å²) in [5.74, 6) is 0.348. The van der Waals surface area contributed by atoms with Gasteiger partial charge in [-0.1, -0.05) is 24.3 Å². The summed E-state index contributed by atoms with van der Waals surface area (Å²) in [7, 11) is 3.31. The maximum absolute atomic E-state index is 13.1. The van der Waals surface area contributed by atoms with Crippen molar-refractivity contribution in [3.05, 3.63) is 71.0 Å². The van der Waals surface area contributed by atoms with Crippen molar-refractivity contribution in [2.24, 2.45) is 4.99 Å². The monoisotopic (exact) mass is 470 g/mol. The van der Waals surface area contributed by atoms with Crippen molar-refractivity contribution in [1.82, 2.24) is 16.0 Å². The highest BCUT2D eigenvalue weighted by atomic mass is 127. The molecule has 1 amide bonds. The fourth-order valence-corrected chi connectivity index (χ4v) is 2.34. The van der Waals surface area contributed by atoms with E-state index in [0.717, 1.165) is 11.1 Å². The molecule has 0 saturated heterocycles. The number of hydrogen-bond donors (Lipinski definition) is 3. The summed E-state index contributed by atoms with van der Waals surface area (Å²) < 4.78 is 13.1. The number of benzene rings is 2. The molecule has 5 nitrogen and oxygen atoms in total. The molecule has 140 valence electrons. The molecule has 0 atom stereocenters. The summed E-state index contributed by atoms with van der Waals surface area (Å²) in [6.45, 7) is 1.24. The Morgan fingerprint density at radius 1 is 1.08 bits per heavy atom. The molecule has 0 fully saturated rings. The molecule has 0 saturated carbocycles. The molecule has 0 aliphatic rings. The Bertz CT molecular complexity index is 735. The largest absolute Gasteiger partial charge is 0.356 e. The first-order valence-electron chi connectivity index (χ1n) is 8.12. The van der Waals surface area contributed by atoms with E-state index >= 15 is 0 Å². The average Bonchev–Trinajstić information content (AvgIpc) is 2.64. The van der Waals surface area contributed by atoms with Crippen LogP contribution < -0.4 is 16.0 Å². The lowest BCUT2D eigenvalue weighted by atomic mass is 10.1. The van der Waals surface area contributed by atoms with Crippen LogP contribution in [-0.2, 0) is 13.0 Å². The summed E-state index contributed by atoms with van der Waals surface area (Å²) in [6, 6.07) is 14.0. The fourth-order valence-electron chi connectivity index (χ4n) is 2.34. The topological polar surface area (TPSA) is 65.5 Å². The normalized spacial score (nSPS) is 10.7. The van der Waals surface area contributed by atoms with E-state index in [-0.39, 0.29) is 35.7 Å². The van der Waals surface area contributed by atoms with E-state index in [9.17, 15) is 9.18 Å². The Balaban J connectivity index is 0.00000338. The Morgan fingerprint density at radius 3 is 2.42 bits per heavy atom. The molecule has 0 unspecified atom stereocenters. The minimum absolute atomic E-state index is 0. The van der Waals surface area contributed by atoms with Gasteiger partial charge in [0.2, 0.25) is 0 Å². The first-order valence-corrected chi connectivity index (χ1v) is 8.12. The molecule has 26 heavy (non-hydrogen) atoms. The van der Waals surface area contributed by atoms with Crippen LogP contribution in [0.2, 0.25) is 0 Å². The van der Waals surface area contributed by atoms with Crippen LogP contribution in [0.5, 0.6) is 0 Å². The molecule has 2 rings (SSSR count). The van der Waals surface area contributed by atoms with Gasteiger partial charge in [0.25, 0.3) is 5.91 Å². The molecule has 0 heterocycles. The summed E-state index contributed by atoms with van der Waals surface area (Å²) >= 11 is 0. The number of nitrogens with one attached hydrogen (secondary N) is 3. The number of guanidine groups is 1. The van der Waals surface area contributed by atoms with Crippen molar-refractivity contribution in [2.45, 2.75) is 13.0 Å². The van der Waals surface area contributed by atoms with Gasteiger partial charge in [-0.05, 0) is 41.8 Å². The Labute approximate surface area is 170 Å². The number of amides is 1. The number of nitrogens with zero attached hydrogens (tertiary/aromatic N) is 1. The van der Waals surface area contributed by atoms with Crippen LogP contribution in [0.4, 0.5) is 4.39 Å². The van der Waals surface area contributed by atoms with E-state index in [0.29, 0.717) is 31.0 Å². The van der Waals surface area contributed by atoms with Crippen LogP contribution in [0.1, 0.15) is 21.5 Å². The molecular weight excluding hydrogens is 446 g/mol. The lowest BCUT2D eigenvalue weighted by Gasteiger charge is -2.12. The van der Waals surface area contributed by atoms with E-state index in [2.05, 4.69) is 20.9 Å². The number of aliphatic imine (C=N–C) groups is 1. The Kier molecular flexibility index (Phi) is 9.64. The van der Waals surface area contributed by atoms with Gasteiger partial charge >= 0.3 is 0 Å². The predicted molar refractivity (Wildman–Crippen MR) is 114 cm³/mol. The number of carbonyl (C=O) groups excluding carboxylic acids is 1. The second-order valence-corrected chi connectivity index (χ2v) is 5.51. The Morgan fingerprint density at radius 2 is 1.81 bits per heavy atom. The molecule has 0 spiro atoms. The van der Waals surface area contributed by atoms with Gasteiger partial charge in [0.15, 0.2) is 5.96 Å². The highest BCUT2D eigenvalue weighted by molar-refractivity contribution is 14.0. The summed E-state index contributed by atoms with van der Waals surface area (Å²) in [5.41, 5.74) is 2.61. The molecular formula is C19H24FIN4O. The third-order valence-corrected chi connectivity index (χ3v) is 3.72. The zero-order valence-corrected chi connectivity index (χ0v) is 17.2. The lowest BCUT2D eigenvalue weighted by molar-refractivity contribution is 0.0963. The molecule has 0 radical (unpaired) electrons. The third-order valence-electron chi connectivity index (χ3n) is 3.72. The number of hydrogen-bond acceptors (Lipinski definition) is 2. The van der Waals surface area contributed by atoms with E-state index in [4.69, 9.17) is 0 Å². The second kappa shape index (κ2) is 11.5. The van der Waals surface area contributed by atoms with Gasteiger partial charge in [0, 0.05) is 32.7 Å². The molecule has 7 heteroatoms. The van der Waals surface area contributed by atoms with Gasteiger partial charge in [-0.3, -0.25) is 9.79 Å². The quantitative estimate of drug-likeness (QED) is 0.346. The van der Waals surface area contributed by atoms with Crippen molar-refractivity contribution in [1.29, 1.82) is 0 Å². The second-order valence-electron chi connectivity index (χ2n) is 5.51. The van der Waals surface area contributed by atoms with Gasteiger partial charge < -0.3 is 16.0 Å². The molecule has 0 aromatic heterocycles. The number of rotatable bonds is 6. The van der Waals surface area contributed by atoms with E-state index < -0.39 is 0 Å². The molecule has 0 aliphatic carbocycles. The van der Waals surface area contributed by atoms with Gasteiger partial charge in [0.1, 0.15) is 5.82 Å². The molecule has 2 aromatic carbocycles. The number of carbonyl (C=O) groups is 1. The Hall–Kier alpha value is -2.16. The average molecular weight is 470 g/mol. The van der Waals surface area contributed by atoms with E-state index in [1.54, 1.807) is 32.3 Å². The standard InChI is InChI=1S/C19H23FN4O.HI/c1-21-18(25)16-8-6-15(7-9-16)13-24-19(22-2)23-11-10-14-4-3-5-17(20)12-14;/h3-9,12H,10-11,13H2,1-2H3,(H,21,25)(H2,22,23,24);1H. The van der Waals surface area contributed by atoms with Crippen LogP contribution in [0, 0.1) is 5.82 Å². The van der Waals surface area contributed by atoms with Crippen LogP contribution >= 0.6 is 24.0 Å². The minimum Gasteiger partial charge on any atom is -0.356 e. The first kappa shape index (κ1) is 21.9. The summed E-state index contributed by atoms with van der Waals surface area (Å²) in [4.78, 5) is 15.7. The highest BCUT2D eigenvalue weighted by Crippen LogP contribution is 2.05. The minimum atomic E-state index is -0.222. The SMILES string of the molecule is CN=C(NCCc1cccc(F)c1)NCc1ccc(C(=O)NC)cc1.I. The van der Waals surface area contributed by atoms with Crippen LogP contribution in [0.15, 0.2) is 53.5 Å². The maximum Gasteiger partial charge on any atom is 0.251 e. The van der Waals surface area contributed by atoms with Crippen molar-refractivity contribution in [2.75, 3.05) is 20.6 Å². The predicted octanol–water partition coefficient (Wildman–Crippen LogP) is 2.71. The molecule has 2 aromatic rings. The van der Waals surface area contributed by atoms with E-state index in [1.165, 1.54) is 12.1 Å². The van der Waals surface area contributed by atoms with Crippen LogP contribution in [0.25, 0.3) is 0 Å². The van der Waals surface area contributed by atoms with Crippen molar-refractivity contribution in [3.63, 3.8) is 0 Å². The van der Waals surface area contributed by atoms with Gasteiger partial charge in [-0.25, -0.2) is 4.39 Å².